The highest BCUT2D eigenvalue weighted by Gasteiger charge is 2.23. The predicted octanol–water partition coefficient (Wildman–Crippen LogP) is 4.72. The van der Waals surface area contributed by atoms with Crippen molar-refractivity contribution in [1.82, 2.24) is 14.9 Å². The van der Waals surface area contributed by atoms with E-state index in [0.29, 0.717) is 37.0 Å². The molecule has 1 aromatic carbocycles. The number of amides is 1. The third kappa shape index (κ3) is 5.50. The van der Waals surface area contributed by atoms with Crippen LogP contribution < -0.4 is 15.6 Å². The Bertz CT molecular complexity index is 1200. The molecule has 1 amide bonds. The number of aryl methyl sites for hydroxylation is 2. The molecule has 6 nitrogen and oxygen atoms in total. The largest absolute Gasteiger partial charge is 0.494 e. The molecule has 1 aliphatic rings. The number of ether oxygens (including phenoxy) is 1. The highest BCUT2D eigenvalue weighted by Crippen LogP contribution is 2.35. The van der Waals surface area contributed by atoms with Gasteiger partial charge in [-0.2, -0.15) is 0 Å². The Morgan fingerprint density at radius 2 is 2.15 bits per heavy atom. The molecule has 1 N–H and O–H groups in total. The van der Waals surface area contributed by atoms with Crippen molar-refractivity contribution in [2.24, 2.45) is 0 Å². The van der Waals surface area contributed by atoms with E-state index < -0.39 is 0 Å². The van der Waals surface area contributed by atoms with E-state index in [4.69, 9.17) is 9.72 Å². The number of allylic oxidation sites excluding steroid dienone is 1. The summed E-state index contributed by atoms with van der Waals surface area (Å²) in [4.78, 5) is 32.4. The van der Waals surface area contributed by atoms with Gasteiger partial charge in [-0.3, -0.25) is 14.2 Å². The number of nitrogens with zero attached hydrogens (tertiary/aromatic N) is 2. The molecule has 0 spiro atoms. The maximum Gasteiger partial charge on any atom is 0.263 e. The summed E-state index contributed by atoms with van der Waals surface area (Å²) in [7, 11) is 0. The summed E-state index contributed by atoms with van der Waals surface area (Å²) in [6.45, 7) is 7.46. The first-order valence-corrected chi connectivity index (χ1v) is 13.2. The summed E-state index contributed by atoms with van der Waals surface area (Å²) >= 11 is 3.09. The van der Waals surface area contributed by atoms with Crippen molar-refractivity contribution in [3.05, 3.63) is 63.3 Å². The number of hydrogen-bond acceptors (Lipinski definition) is 6. The summed E-state index contributed by atoms with van der Waals surface area (Å²) in [6, 6.07) is 7.78. The van der Waals surface area contributed by atoms with E-state index in [1.807, 2.05) is 24.3 Å². The lowest BCUT2D eigenvalue weighted by Crippen LogP contribution is -2.24. The molecular formula is C25H29N3O3S2. The molecule has 0 radical (unpaired) electrons. The van der Waals surface area contributed by atoms with Crippen LogP contribution in [-0.4, -0.2) is 27.8 Å². The summed E-state index contributed by atoms with van der Waals surface area (Å²) in [5.41, 5.74) is 2.22. The molecule has 1 aliphatic carbocycles. The highest BCUT2D eigenvalue weighted by molar-refractivity contribution is 7.99. The van der Waals surface area contributed by atoms with Crippen molar-refractivity contribution in [3.63, 3.8) is 0 Å². The Balaban J connectivity index is 1.34. The number of nitrogens with one attached hydrogen (secondary N) is 1. The number of benzene rings is 1. The monoisotopic (exact) mass is 483 g/mol. The van der Waals surface area contributed by atoms with Crippen LogP contribution in [0, 0.1) is 0 Å². The number of thioether (sulfide) groups is 1. The standard InChI is InChI=1S/C25H29N3O3S2/c1-3-13-28-24(30)22-19-6-5-7-20(19)33-23(22)27-25(28)32-15-12-21(29)26-16-17-8-10-18(11-9-17)31-14-4-2/h3,8-11H,1,4-7,12-16H2,2H3,(H,26,29). The Hall–Kier alpha value is -2.58. The van der Waals surface area contributed by atoms with Crippen molar-refractivity contribution < 1.29 is 9.53 Å². The number of rotatable bonds is 11. The molecule has 0 saturated carbocycles. The zero-order valence-electron chi connectivity index (χ0n) is 18.9. The minimum atomic E-state index is -0.0254. The first-order valence-electron chi connectivity index (χ1n) is 11.4. The first kappa shape index (κ1) is 23.6. The number of carbonyl (C=O) groups excluding carboxylic acids is 1. The zero-order valence-corrected chi connectivity index (χ0v) is 20.5. The molecule has 33 heavy (non-hydrogen) atoms. The van der Waals surface area contributed by atoms with Crippen molar-refractivity contribution in [2.75, 3.05) is 12.4 Å². The molecule has 0 aliphatic heterocycles. The number of aromatic nitrogens is 2. The summed E-state index contributed by atoms with van der Waals surface area (Å²) in [5, 5.41) is 4.39. The van der Waals surface area contributed by atoms with Crippen LogP contribution in [0.1, 0.15) is 42.2 Å². The van der Waals surface area contributed by atoms with Gasteiger partial charge in [0.05, 0.1) is 12.0 Å². The van der Waals surface area contributed by atoms with Crippen LogP contribution in [0.25, 0.3) is 10.2 Å². The van der Waals surface area contributed by atoms with Gasteiger partial charge in [0.15, 0.2) is 5.16 Å². The van der Waals surface area contributed by atoms with Gasteiger partial charge >= 0.3 is 0 Å². The zero-order chi connectivity index (χ0) is 23.2. The molecule has 0 unspecified atom stereocenters. The third-order valence-electron chi connectivity index (χ3n) is 5.55. The van der Waals surface area contributed by atoms with E-state index in [-0.39, 0.29) is 11.5 Å². The number of fused-ring (bicyclic) bond motifs is 3. The maximum absolute atomic E-state index is 13.2. The molecule has 0 saturated heterocycles. The van der Waals surface area contributed by atoms with E-state index in [9.17, 15) is 9.59 Å². The van der Waals surface area contributed by atoms with Gasteiger partial charge in [-0.15, -0.1) is 17.9 Å². The van der Waals surface area contributed by atoms with E-state index in [0.717, 1.165) is 47.2 Å². The Labute approximate surface area is 202 Å². The van der Waals surface area contributed by atoms with Crippen LogP contribution in [-0.2, 0) is 30.7 Å². The molecule has 3 aromatic rings. The van der Waals surface area contributed by atoms with Crippen LogP contribution >= 0.6 is 23.1 Å². The van der Waals surface area contributed by atoms with Gasteiger partial charge in [0.2, 0.25) is 5.91 Å². The average Bonchev–Trinajstić information content (AvgIpc) is 3.40. The van der Waals surface area contributed by atoms with Crippen LogP contribution in [0.15, 0.2) is 46.9 Å². The lowest BCUT2D eigenvalue weighted by Gasteiger charge is -2.11. The fourth-order valence-corrected chi connectivity index (χ4v) is 6.15. The summed E-state index contributed by atoms with van der Waals surface area (Å²) in [5.74, 6) is 1.37. The second-order valence-corrected chi connectivity index (χ2v) is 10.1. The molecule has 0 fully saturated rings. The highest BCUT2D eigenvalue weighted by atomic mass is 32.2. The molecule has 2 aromatic heterocycles. The SMILES string of the molecule is C=CCn1c(SCCC(=O)NCc2ccc(OCCC)cc2)nc2sc3c(c2c1=O)CCC3. The molecule has 8 heteroatoms. The number of thiophene rings is 1. The number of carbonyl (C=O) groups is 1. The van der Waals surface area contributed by atoms with Crippen molar-refractivity contribution in [3.8, 4) is 5.75 Å². The molecule has 4 rings (SSSR count). The predicted molar refractivity (Wildman–Crippen MR) is 136 cm³/mol. The van der Waals surface area contributed by atoms with Crippen molar-refractivity contribution >= 4 is 39.2 Å². The lowest BCUT2D eigenvalue weighted by molar-refractivity contribution is -0.120. The second-order valence-electron chi connectivity index (χ2n) is 8.00. The van der Waals surface area contributed by atoms with Gasteiger partial charge in [-0.05, 0) is 48.9 Å². The van der Waals surface area contributed by atoms with Gasteiger partial charge < -0.3 is 10.1 Å². The Morgan fingerprint density at radius 3 is 2.91 bits per heavy atom. The fraction of sp³-hybridized carbons (Fsp3) is 0.400. The van der Waals surface area contributed by atoms with E-state index in [1.54, 1.807) is 22.0 Å². The minimum absolute atomic E-state index is 0.0117. The van der Waals surface area contributed by atoms with Crippen molar-refractivity contribution in [2.45, 2.75) is 57.3 Å². The normalized spacial score (nSPS) is 12.6. The smallest absolute Gasteiger partial charge is 0.263 e. The Morgan fingerprint density at radius 1 is 1.33 bits per heavy atom. The van der Waals surface area contributed by atoms with Gasteiger partial charge in [0.25, 0.3) is 5.56 Å². The van der Waals surface area contributed by atoms with Gasteiger partial charge in [0, 0.05) is 30.1 Å². The fourth-order valence-electron chi connectivity index (χ4n) is 3.91. The van der Waals surface area contributed by atoms with Crippen LogP contribution in [0.4, 0.5) is 0 Å². The maximum atomic E-state index is 13.2. The average molecular weight is 484 g/mol. The van der Waals surface area contributed by atoms with E-state index in [2.05, 4.69) is 18.8 Å². The molecule has 2 heterocycles. The minimum Gasteiger partial charge on any atom is -0.494 e. The van der Waals surface area contributed by atoms with Crippen LogP contribution in [0.5, 0.6) is 5.75 Å². The topological polar surface area (TPSA) is 73.2 Å². The molecule has 0 bridgehead atoms. The first-order chi connectivity index (χ1) is 16.1. The van der Waals surface area contributed by atoms with Gasteiger partial charge in [0.1, 0.15) is 10.6 Å². The summed E-state index contributed by atoms with van der Waals surface area (Å²) in [6.07, 6.45) is 6.15. The van der Waals surface area contributed by atoms with Gasteiger partial charge in [-0.25, -0.2) is 4.98 Å². The second kappa shape index (κ2) is 11.0. The molecular weight excluding hydrogens is 454 g/mol. The lowest BCUT2D eigenvalue weighted by atomic mass is 10.2. The number of hydrogen-bond donors (Lipinski definition) is 1. The molecule has 174 valence electrons. The van der Waals surface area contributed by atoms with Gasteiger partial charge in [-0.1, -0.05) is 36.9 Å². The van der Waals surface area contributed by atoms with Crippen LogP contribution in [0.3, 0.4) is 0 Å². The van der Waals surface area contributed by atoms with Crippen molar-refractivity contribution in [1.29, 1.82) is 0 Å². The van der Waals surface area contributed by atoms with Crippen LogP contribution in [0.2, 0.25) is 0 Å². The third-order valence-corrected chi connectivity index (χ3v) is 7.71. The molecule has 0 atom stereocenters. The summed E-state index contributed by atoms with van der Waals surface area (Å²) < 4.78 is 7.27. The van der Waals surface area contributed by atoms with E-state index >= 15 is 0 Å². The quantitative estimate of drug-likeness (QED) is 0.243. The Kier molecular flexibility index (Phi) is 7.88. The van der Waals surface area contributed by atoms with E-state index in [1.165, 1.54) is 22.2 Å².